The van der Waals surface area contributed by atoms with Crippen LogP contribution in [0.4, 0.5) is 18.9 Å². The zero-order chi connectivity index (χ0) is 26.8. The van der Waals surface area contributed by atoms with Crippen molar-refractivity contribution in [1.82, 2.24) is 4.90 Å². The van der Waals surface area contributed by atoms with Gasteiger partial charge in [-0.05, 0) is 65.1 Å². The van der Waals surface area contributed by atoms with E-state index in [9.17, 15) is 26.4 Å². The van der Waals surface area contributed by atoms with Crippen LogP contribution in [0.15, 0.2) is 65.6 Å². The van der Waals surface area contributed by atoms with Gasteiger partial charge in [0.1, 0.15) is 0 Å². The van der Waals surface area contributed by atoms with Crippen molar-refractivity contribution in [2.75, 3.05) is 17.6 Å². The van der Waals surface area contributed by atoms with Crippen LogP contribution >= 0.6 is 11.6 Å². The molecule has 5 nitrogen and oxygen atoms in total. The van der Waals surface area contributed by atoms with Crippen LogP contribution < -0.4 is 5.32 Å². The number of rotatable bonds is 7. The zero-order valence-corrected chi connectivity index (χ0v) is 21.7. The molecule has 0 spiro atoms. The van der Waals surface area contributed by atoms with Crippen molar-refractivity contribution in [2.24, 2.45) is 0 Å². The SMILES string of the molecule is CCS(=O)(=O)c1ccc(CC(=O)Nc2ccc(CN3CCc4cc(C(F)(F)F)ccc4C3)c(Cl)c2)cc1. The van der Waals surface area contributed by atoms with Gasteiger partial charge >= 0.3 is 6.18 Å². The maximum absolute atomic E-state index is 13.0. The third kappa shape index (κ3) is 6.71. The molecule has 3 aromatic carbocycles. The Bertz CT molecular complexity index is 1410. The first kappa shape index (κ1) is 27.2. The molecule has 196 valence electrons. The molecule has 37 heavy (non-hydrogen) atoms. The number of fused-ring (bicyclic) bond motifs is 1. The molecule has 0 bridgehead atoms. The molecule has 0 atom stereocenters. The molecule has 0 saturated carbocycles. The molecular formula is C27H26ClF3N2O3S. The van der Waals surface area contributed by atoms with Crippen molar-refractivity contribution in [3.63, 3.8) is 0 Å². The summed E-state index contributed by atoms with van der Waals surface area (Å²) in [4.78, 5) is 14.8. The van der Waals surface area contributed by atoms with Crippen molar-refractivity contribution in [3.8, 4) is 0 Å². The van der Waals surface area contributed by atoms with E-state index in [1.807, 2.05) is 6.07 Å². The number of anilines is 1. The fourth-order valence-electron chi connectivity index (χ4n) is 4.29. The molecule has 1 aliphatic heterocycles. The Morgan fingerprint density at radius 1 is 1.03 bits per heavy atom. The summed E-state index contributed by atoms with van der Waals surface area (Å²) in [5, 5.41) is 3.28. The summed E-state index contributed by atoms with van der Waals surface area (Å²) in [6.45, 7) is 3.25. The number of sulfone groups is 1. The molecule has 0 aliphatic carbocycles. The molecular weight excluding hydrogens is 525 g/mol. The number of nitrogens with zero attached hydrogens (tertiary/aromatic N) is 1. The molecule has 1 aliphatic rings. The number of halogens is 4. The number of carbonyl (C=O) groups excluding carboxylic acids is 1. The van der Waals surface area contributed by atoms with Crippen molar-refractivity contribution < 1.29 is 26.4 Å². The Labute approximate surface area is 219 Å². The summed E-state index contributed by atoms with van der Waals surface area (Å²) in [6, 6.07) is 15.4. The average molecular weight is 551 g/mol. The second-order valence-electron chi connectivity index (χ2n) is 9.02. The van der Waals surface area contributed by atoms with Gasteiger partial charge in [-0.15, -0.1) is 0 Å². The molecule has 3 aromatic rings. The molecule has 10 heteroatoms. The molecule has 1 N–H and O–H groups in total. The lowest BCUT2D eigenvalue weighted by molar-refractivity contribution is -0.137. The van der Waals surface area contributed by atoms with Gasteiger partial charge in [-0.1, -0.05) is 42.8 Å². The van der Waals surface area contributed by atoms with E-state index in [1.54, 1.807) is 37.3 Å². The normalized spacial score (nSPS) is 14.3. The monoisotopic (exact) mass is 550 g/mol. The molecule has 4 rings (SSSR count). The average Bonchev–Trinajstić information content (AvgIpc) is 2.85. The largest absolute Gasteiger partial charge is 0.416 e. The Balaban J connectivity index is 1.35. The van der Waals surface area contributed by atoms with E-state index in [4.69, 9.17) is 11.6 Å². The predicted octanol–water partition coefficient (Wildman–Crippen LogP) is 5.89. The van der Waals surface area contributed by atoms with Gasteiger partial charge < -0.3 is 5.32 Å². The minimum Gasteiger partial charge on any atom is -0.326 e. The number of hydrogen-bond donors (Lipinski definition) is 1. The molecule has 1 heterocycles. The van der Waals surface area contributed by atoms with Crippen molar-refractivity contribution in [2.45, 2.75) is 43.9 Å². The topological polar surface area (TPSA) is 66.5 Å². The van der Waals surface area contributed by atoms with Gasteiger partial charge in [0.15, 0.2) is 9.84 Å². The second-order valence-corrected chi connectivity index (χ2v) is 11.7. The van der Waals surface area contributed by atoms with Gasteiger partial charge in [0.25, 0.3) is 0 Å². The number of benzene rings is 3. The van der Waals surface area contributed by atoms with Crippen molar-refractivity contribution >= 4 is 33.0 Å². The number of amides is 1. The maximum atomic E-state index is 13.0. The molecule has 1 amide bonds. The molecule has 0 fully saturated rings. The first-order valence-electron chi connectivity index (χ1n) is 11.8. The third-order valence-corrected chi connectivity index (χ3v) is 8.49. The van der Waals surface area contributed by atoms with E-state index >= 15 is 0 Å². The number of alkyl halides is 3. The van der Waals surface area contributed by atoms with E-state index in [1.165, 1.54) is 18.2 Å². The third-order valence-electron chi connectivity index (χ3n) is 6.38. The predicted molar refractivity (Wildman–Crippen MR) is 137 cm³/mol. The number of nitrogens with one attached hydrogen (secondary N) is 1. The van der Waals surface area contributed by atoms with E-state index < -0.39 is 21.6 Å². The lowest BCUT2D eigenvalue weighted by Gasteiger charge is -2.29. The Hall–Kier alpha value is -2.88. The smallest absolute Gasteiger partial charge is 0.326 e. The zero-order valence-electron chi connectivity index (χ0n) is 20.1. The fraction of sp³-hybridized carbons (Fsp3) is 0.296. The highest BCUT2D eigenvalue weighted by Crippen LogP contribution is 2.33. The molecule has 0 aromatic heterocycles. The van der Waals surface area contributed by atoms with Crippen LogP contribution in [0.1, 0.15) is 34.7 Å². The molecule has 0 unspecified atom stereocenters. The van der Waals surface area contributed by atoms with Gasteiger partial charge in [-0.2, -0.15) is 13.2 Å². The maximum Gasteiger partial charge on any atom is 0.416 e. The number of hydrogen-bond acceptors (Lipinski definition) is 4. The Morgan fingerprint density at radius 2 is 1.76 bits per heavy atom. The number of carbonyl (C=O) groups is 1. The quantitative estimate of drug-likeness (QED) is 0.398. The van der Waals surface area contributed by atoms with Gasteiger partial charge in [0.05, 0.1) is 22.6 Å². The minimum atomic E-state index is -4.35. The summed E-state index contributed by atoms with van der Waals surface area (Å²) in [6.07, 6.45) is -3.75. The summed E-state index contributed by atoms with van der Waals surface area (Å²) < 4.78 is 62.8. The highest BCUT2D eigenvalue weighted by atomic mass is 35.5. The molecule has 0 radical (unpaired) electrons. The van der Waals surface area contributed by atoms with E-state index in [0.29, 0.717) is 42.3 Å². The van der Waals surface area contributed by atoms with Gasteiger partial charge in [-0.3, -0.25) is 9.69 Å². The standard InChI is InChI=1S/C27H26ClF3N2O3S/c1-2-37(35,36)24-9-3-18(4-10-24)13-26(34)32-23-8-6-21(25(28)15-23)17-33-12-11-19-14-22(27(29,30)31)7-5-20(19)16-33/h3-10,14-15H,2,11-13,16-17H2,1H3,(H,32,34). The van der Waals surface area contributed by atoms with Crippen LogP contribution in [0, 0.1) is 0 Å². The van der Waals surface area contributed by atoms with Crippen LogP contribution in [-0.2, 0) is 46.7 Å². The summed E-state index contributed by atoms with van der Waals surface area (Å²) in [5.41, 5.74) is 3.04. The summed E-state index contributed by atoms with van der Waals surface area (Å²) in [5.74, 6) is -0.252. The minimum absolute atomic E-state index is 0.0113. The summed E-state index contributed by atoms with van der Waals surface area (Å²) >= 11 is 6.48. The van der Waals surface area contributed by atoms with Crippen molar-refractivity contribution in [3.05, 3.63) is 93.5 Å². The van der Waals surface area contributed by atoms with Gasteiger partial charge in [0, 0.05) is 30.3 Å². The van der Waals surface area contributed by atoms with Crippen molar-refractivity contribution in [1.29, 1.82) is 0 Å². The Morgan fingerprint density at radius 3 is 2.41 bits per heavy atom. The first-order valence-corrected chi connectivity index (χ1v) is 13.8. The van der Waals surface area contributed by atoms with Crippen LogP contribution in [0.3, 0.4) is 0 Å². The lowest BCUT2D eigenvalue weighted by Crippen LogP contribution is -2.30. The highest BCUT2D eigenvalue weighted by Gasteiger charge is 2.31. The van der Waals surface area contributed by atoms with Gasteiger partial charge in [0.2, 0.25) is 5.91 Å². The van der Waals surface area contributed by atoms with E-state index in [-0.39, 0.29) is 23.0 Å². The lowest BCUT2D eigenvalue weighted by atomic mass is 9.96. The summed E-state index contributed by atoms with van der Waals surface area (Å²) in [7, 11) is -3.29. The van der Waals surface area contributed by atoms with Crippen LogP contribution in [0.25, 0.3) is 0 Å². The van der Waals surface area contributed by atoms with Crippen LogP contribution in [-0.4, -0.2) is 31.5 Å². The first-order chi connectivity index (χ1) is 17.4. The van der Waals surface area contributed by atoms with Crippen LogP contribution in [0.5, 0.6) is 0 Å². The van der Waals surface area contributed by atoms with E-state index in [2.05, 4.69) is 10.2 Å². The highest BCUT2D eigenvalue weighted by molar-refractivity contribution is 7.91. The fourth-order valence-corrected chi connectivity index (χ4v) is 5.41. The van der Waals surface area contributed by atoms with Gasteiger partial charge in [-0.25, -0.2) is 8.42 Å². The Kier molecular flexibility index (Phi) is 7.96. The molecule has 0 saturated heterocycles. The van der Waals surface area contributed by atoms with Crippen LogP contribution in [0.2, 0.25) is 5.02 Å². The van der Waals surface area contributed by atoms with E-state index in [0.717, 1.165) is 22.8 Å². The second kappa shape index (κ2) is 10.8.